The number of fused-ring (bicyclic) bond motifs is 1. The Morgan fingerprint density at radius 1 is 1.07 bits per heavy atom. The van der Waals surface area contributed by atoms with E-state index in [2.05, 4.69) is 30.0 Å². The number of rotatable bonds is 9. The van der Waals surface area contributed by atoms with Crippen molar-refractivity contribution in [2.24, 2.45) is 0 Å². The van der Waals surface area contributed by atoms with E-state index < -0.39 is 23.5 Å². The van der Waals surface area contributed by atoms with E-state index in [4.69, 9.17) is 11.6 Å². The Bertz CT molecular complexity index is 1770. The minimum Gasteiger partial charge on any atom is -0.342 e. The van der Waals surface area contributed by atoms with E-state index in [1.807, 2.05) is 12.1 Å². The summed E-state index contributed by atoms with van der Waals surface area (Å²) in [5.41, 5.74) is 0.860. The van der Waals surface area contributed by atoms with E-state index in [-0.39, 0.29) is 41.2 Å². The first-order valence-electron chi connectivity index (χ1n) is 12.5. The number of ketones is 1. The van der Waals surface area contributed by atoms with Gasteiger partial charge in [-0.3, -0.25) is 14.4 Å². The fraction of sp³-hybridized carbons (Fsp3) is 0.179. The van der Waals surface area contributed by atoms with Crippen molar-refractivity contribution in [2.75, 3.05) is 5.32 Å². The van der Waals surface area contributed by atoms with Crippen molar-refractivity contribution in [3.63, 3.8) is 0 Å². The molecule has 0 saturated heterocycles. The van der Waals surface area contributed by atoms with Gasteiger partial charge in [0.25, 0.3) is 11.8 Å². The van der Waals surface area contributed by atoms with E-state index in [1.54, 1.807) is 37.5 Å². The zero-order valence-corrected chi connectivity index (χ0v) is 23.5. The van der Waals surface area contributed by atoms with E-state index in [9.17, 15) is 18.8 Å². The van der Waals surface area contributed by atoms with Gasteiger partial charge in [-0.2, -0.15) is 4.37 Å². The third kappa shape index (κ3) is 5.98. The van der Waals surface area contributed by atoms with E-state index in [0.717, 1.165) is 4.70 Å². The van der Waals surface area contributed by atoms with Crippen molar-refractivity contribution in [1.82, 2.24) is 29.2 Å². The van der Waals surface area contributed by atoms with Gasteiger partial charge in [-0.25, -0.2) is 19.3 Å². The predicted molar refractivity (Wildman–Crippen MR) is 153 cm³/mol. The number of imidazole rings is 1. The largest absolute Gasteiger partial charge is 0.342 e. The quantitative estimate of drug-likeness (QED) is 0.247. The number of Topliss-reactive ketones (excluding diaryl/α,β-unsaturated/α-hetero) is 1. The molecular formula is C28H23ClFN7O3S. The molecule has 41 heavy (non-hydrogen) atoms. The van der Waals surface area contributed by atoms with Crippen molar-refractivity contribution in [2.45, 2.75) is 32.9 Å². The monoisotopic (exact) mass is 591 g/mol. The summed E-state index contributed by atoms with van der Waals surface area (Å²) in [6.45, 7) is 2.85. The van der Waals surface area contributed by atoms with Crippen molar-refractivity contribution in [1.29, 1.82) is 0 Å². The summed E-state index contributed by atoms with van der Waals surface area (Å²) < 4.78 is 20.8. The molecule has 0 radical (unpaired) electrons. The highest BCUT2D eigenvalue weighted by Gasteiger charge is 2.30. The second kappa shape index (κ2) is 11.9. The SMILES string of the molecule is CC(=O)Cn1c(C(=O)NCc2ncccn2)nc(NC(=O)c2nsc3ccccc23)c1[C@H](C)c1cc(F)ccc1Cl. The summed E-state index contributed by atoms with van der Waals surface area (Å²) in [6, 6.07) is 12.8. The van der Waals surface area contributed by atoms with Gasteiger partial charge in [0.05, 0.1) is 23.5 Å². The van der Waals surface area contributed by atoms with Crippen molar-refractivity contribution in [3.8, 4) is 0 Å². The number of hydrogen-bond donors (Lipinski definition) is 2. The standard InChI is InChI=1S/C28H23ClFN7O3S/c1-15(38)14-37-24(16(2)19-12-17(30)8-9-20(19)29)25(34-26(37)28(40)33-13-22-31-10-5-11-32-22)35-27(39)23-18-6-3-4-7-21(18)41-36-23/h3-12,16H,13-14H2,1-2H3,(H,33,40)(H,35,39)/t16-/m1/s1. The van der Waals surface area contributed by atoms with Crippen LogP contribution in [-0.2, 0) is 17.9 Å². The highest BCUT2D eigenvalue weighted by molar-refractivity contribution is 7.13. The van der Waals surface area contributed by atoms with Crippen LogP contribution in [0.3, 0.4) is 0 Å². The highest BCUT2D eigenvalue weighted by atomic mass is 35.5. The lowest BCUT2D eigenvalue weighted by molar-refractivity contribution is -0.117. The molecule has 2 amide bonds. The molecule has 10 nitrogen and oxygen atoms in total. The number of amides is 2. The molecule has 0 unspecified atom stereocenters. The average Bonchev–Trinajstić information content (AvgIpc) is 3.54. The summed E-state index contributed by atoms with van der Waals surface area (Å²) in [5, 5.41) is 6.40. The van der Waals surface area contributed by atoms with Crippen molar-refractivity contribution in [3.05, 3.63) is 100 Å². The third-order valence-electron chi connectivity index (χ3n) is 6.28. The van der Waals surface area contributed by atoms with Crippen LogP contribution in [0.1, 0.15) is 58.0 Å². The number of anilines is 1. The minimum atomic E-state index is -0.688. The molecule has 0 bridgehead atoms. The third-order valence-corrected chi connectivity index (χ3v) is 7.45. The van der Waals surface area contributed by atoms with Gasteiger partial charge in [-0.1, -0.05) is 36.7 Å². The topological polar surface area (TPSA) is 132 Å². The Morgan fingerprint density at radius 3 is 2.59 bits per heavy atom. The fourth-order valence-electron chi connectivity index (χ4n) is 4.42. The Labute approximate surface area is 242 Å². The molecule has 0 aliphatic carbocycles. The normalized spacial score (nSPS) is 11.8. The maximum Gasteiger partial charge on any atom is 0.287 e. The van der Waals surface area contributed by atoms with Crippen LogP contribution in [0.2, 0.25) is 5.02 Å². The van der Waals surface area contributed by atoms with E-state index in [1.165, 1.54) is 41.2 Å². The van der Waals surface area contributed by atoms with Gasteiger partial charge in [-0.15, -0.1) is 0 Å². The van der Waals surface area contributed by atoms with Gasteiger partial charge in [0.15, 0.2) is 5.82 Å². The molecule has 13 heteroatoms. The smallest absolute Gasteiger partial charge is 0.287 e. The molecule has 0 spiro atoms. The maximum absolute atomic E-state index is 14.3. The summed E-state index contributed by atoms with van der Waals surface area (Å²) in [5.74, 6) is -2.41. The molecule has 5 rings (SSSR count). The number of nitrogens with one attached hydrogen (secondary N) is 2. The number of nitrogens with zero attached hydrogens (tertiary/aromatic N) is 5. The van der Waals surface area contributed by atoms with Gasteiger partial charge >= 0.3 is 0 Å². The molecule has 2 N–H and O–H groups in total. The predicted octanol–water partition coefficient (Wildman–Crippen LogP) is 5.00. The van der Waals surface area contributed by atoms with Crippen LogP contribution in [0, 0.1) is 5.82 Å². The molecule has 208 valence electrons. The van der Waals surface area contributed by atoms with Crippen molar-refractivity contribution < 1.29 is 18.8 Å². The summed E-state index contributed by atoms with van der Waals surface area (Å²) >= 11 is 7.61. The molecule has 0 fully saturated rings. The Morgan fingerprint density at radius 2 is 1.83 bits per heavy atom. The zero-order chi connectivity index (χ0) is 29.1. The first-order valence-corrected chi connectivity index (χ1v) is 13.6. The van der Waals surface area contributed by atoms with E-state index >= 15 is 0 Å². The van der Waals surface area contributed by atoms with Gasteiger partial charge < -0.3 is 15.2 Å². The summed E-state index contributed by atoms with van der Waals surface area (Å²) in [6.07, 6.45) is 3.09. The van der Waals surface area contributed by atoms with Gasteiger partial charge in [0, 0.05) is 28.7 Å². The van der Waals surface area contributed by atoms with Crippen LogP contribution >= 0.6 is 23.1 Å². The first kappa shape index (κ1) is 28.0. The van der Waals surface area contributed by atoms with Crippen LogP contribution in [0.25, 0.3) is 10.1 Å². The van der Waals surface area contributed by atoms with Crippen LogP contribution in [0.15, 0.2) is 60.9 Å². The number of carbonyl (C=O) groups is 3. The molecule has 0 aliphatic heterocycles. The lowest BCUT2D eigenvalue weighted by Gasteiger charge is -2.19. The number of halogens is 2. The number of aromatic nitrogens is 5. The second-order valence-corrected chi connectivity index (χ2v) is 10.4. The number of carbonyl (C=O) groups excluding carboxylic acids is 3. The van der Waals surface area contributed by atoms with Crippen LogP contribution in [0.5, 0.6) is 0 Å². The summed E-state index contributed by atoms with van der Waals surface area (Å²) in [7, 11) is 0. The van der Waals surface area contributed by atoms with Crippen molar-refractivity contribution >= 4 is 56.6 Å². The molecule has 1 atom stereocenters. The van der Waals surface area contributed by atoms with Crippen LogP contribution < -0.4 is 10.6 Å². The van der Waals surface area contributed by atoms with Gasteiger partial charge in [0.1, 0.15) is 23.1 Å². The van der Waals surface area contributed by atoms with E-state index in [0.29, 0.717) is 22.5 Å². The summed E-state index contributed by atoms with van der Waals surface area (Å²) in [4.78, 5) is 51.9. The Hall–Kier alpha value is -4.55. The second-order valence-electron chi connectivity index (χ2n) is 9.17. The van der Waals surface area contributed by atoms with Crippen LogP contribution in [0.4, 0.5) is 10.2 Å². The lowest BCUT2D eigenvalue weighted by atomic mass is 9.96. The molecule has 3 heterocycles. The number of hydrogen-bond acceptors (Lipinski definition) is 8. The molecule has 0 saturated carbocycles. The molecule has 2 aromatic carbocycles. The minimum absolute atomic E-state index is 0.000276. The molecule has 3 aromatic heterocycles. The molecule has 5 aromatic rings. The Balaban J connectivity index is 1.60. The zero-order valence-electron chi connectivity index (χ0n) is 21.9. The average molecular weight is 592 g/mol. The number of benzene rings is 2. The maximum atomic E-state index is 14.3. The van der Waals surface area contributed by atoms with Gasteiger partial charge in [-0.05, 0) is 54.4 Å². The Kier molecular flexibility index (Phi) is 8.13. The van der Waals surface area contributed by atoms with Gasteiger partial charge in [0.2, 0.25) is 5.82 Å². The fourth-order valence-corrected chi connectivity index (χ4v) is 5.48. The van der Waals surface area contributed by atoms with Crippen LogP contribution in [-0.4, -0.2) is 41.5 Å². The lowest BCUT2D eigenvalue weighted by Crippen LogP contribution is -2.28. The highest BCUT2D eigenvalue weighted by Crippen LogP contribution is 2.36. The molecule has 0 aliphatic rings. The first-order chi connectivity index (χ1) is 19.7. The molecular weight excluding hydrogens is 569 g/mol.